The number of aromatic nitrogens is 2. The summed E-state index contributed by atoms with van der Waals surface area (Å²) in [4.78, 5) is 29.3. The molecule has 0 aliphatic rings. The molecular weight excluding hydrogens is 388 g/mol. The summed E-state index contributed by atoms with van der Waals surface area (Å²) in [6, 6.07) is 9.24. The first-order valence-corrected chi connectivity index (χ1v) is 9.47. The fourth-order valence-corrected chi connectivity index (χ4v) is 3.46. The fourth-order valence-electron chi connectivity index (χ4n) is 3.46. The lowest BCUT2D eigenvalue weighted by molar-refractivity contribution is -0.155. The number of hydrogen-bond acceptors (Lipinski definition) is 7. The highest BCUT2D eigenvalue weighted by Gasteiger charge is 2.26. The average molecular weight is 414 g/mol. The van der Waals surface area contributed by atoms with Crippen LogP contribution in [-0.4, -0.2) is 48.4 Å². The van der Waals surface area contributed by atoms with Crippen molar-refractivity contribution in [1.29, 1.82) is 0 Å². The van der Waals surface area contributed by atoms with E-state index in [4.69, 9.17) is 18.9 Å². The highest BCUT2D eigenvalue weighted by Crippen LogP contribution is 2.34. The minimum absolute atomic E-state index is 0.0340. The zero-order valence-electron chi connectivity index (χ0n) is 18.0. The van der Waals surface area contributed by atoms with Crippen LogP contribution in [0.4, 0.5) is 0 Å². The zero-order valence-corrected chi connectivity index (χ0v) is 18.0. The van der Waals surface area contributed by atoms with Crippen LogP contribution >= 0.6 is 0 Å². The molecule has 8 heteroatoms. The fraction of sp³-hybridized carbons (Fsp3) is 0.409. The predicted molar refractivity (Wildman–Crippen MR) is 111 cm³/mol. The molecule has 3 rings (SSSR count). The van der Waals surface area contributed by atoms with Gasteiger partial charge in [-0.25, -0.2) is 9.78 Å². The Labute approximate surface area is 174 Å². The van der Waals surface area contributed by atoms with Gasteiger partial charge in [-0.3, -0.25) is 4.79 Å². The van der Waals surface area contributed by atoms with Gasteiger partial charge in [0.05, 0.1) is 12.6 Å². The van der Waals surface area contributed by atoms with Gasteiger partial charge < -0.3 is 23.5 Å². The molecule has 0 aliphatic heterocycles. The molecule has 0 fully saturated rings. The molecule has 0 amide bonds. The van der Waals surface area contributed by atoms with Crippen LogP contribution in [-0.2, 0) is 30.3 Å². The van der Waals surface area contributed by atoms with Gasteiger partial charge in [-0.1, -0.05) is 18.2 Å². The predicted octanol–water partition coefficient (Wildman–Crippen LogP) is 3.61. The summed E-state index contributed by atoms with van der Waals surface area (Å²) in [5.74, 6) is -0.965. The number of carbonyl (C=O) groups excluding carboxylic acids is 2. The molecule has 8 nitrogen and oxygen atoms in total. The molecule has 2 aromatic heterocycles. The van der Waals surface area contributed by atoms with Gasteiger partial charge in [0, 0.05) is 30.5 Å². The standard InChI is InChI=1S/C22H26N2O6/c1-22(2,3)30-17(25)12-24-16-10-8-7-9-13(16)14-11-15(20(26)27-4)23-18(19(14)24)21(28-5)29-6/h7-11,21H,12H2,1-6H3. The van der Waals surface area contributed by atoms with Crippen molar-refractivity contribution < 1.29 is 28.5 Å². The second kappa shape index (κ2) is 8.41. The Morgan fingerprint density at radius 1 is 1.07 bits per heavy atom. The maximum absolute atomic E-state index is 12.7. The number of para-hydroxylation sites is 1. The first-order valence-electron chi connectivity index (χ1n) is 9.47. The van der Waals surface area contributed by atoms with Crippen molar-refractivity contribution in [2.45, 2.75) is 39.2 Å². The Kier molecular flexibility index (Phi) is 6.09. The number of rotatable bonds is 6. The molecule has 0 radical (unpaired) electrons. The van der Waals surface area contributed by atoms with Crippen LogP contribution in [0.3, 0.4) is 0 Å². The molecule has 0 saturated heterocycles. The van der Waals surface area contributed by atoms with E-state index in [0.717, 1.165) is 16.3 Å². The Hall–Kier alpha value is -2.97. The Morgan fingerprint density at radius 3 is 2.33 bits per heavy atom. The largest absolute Gasteiger partial charge is 0.464 e. The van der Waals surface area contributed by atoms with Crippen LogP contribution in [0.15, 0.2) is 30.3 Å². The molecule has 30 heavy (non-hydrogen) atoms. The maximum atomic E-state index is 12.7. The van der Waals surface area contributed by atoms with Gasteiger partial charge >= 0.3 is 11.9 Å². The summed E-state index contributed by atoms with van der Waals surface area (Å²) in [7, 11) is 4.25. The van der Waals surface area contributed by atoms with E-state index in [1.807, 2.05) is 49.6 Å². The third-order valence-corrected chi connectivity index (χ3v) is 4.53. The quantitative estimate of drug-likeness (QED) is 0.450. The minimum Gasteiger partial charge on any atom is -0.464 e. The van der Waals surface area contributed by atoms with Gasteiger partial charge in [0.2, 0.25) is 6.29 Å². The molecule has 1 aromatic carbocycles. The minimum atomic E-state index is -0.848. The van der Waals surface area contributed by atoms with Crippen molar-refractivity contribution in [3.05, 3.63) is 41.7 Å². The van der Waals surface area contributed by atoms with Crippen molar-refractivity contribution >= 4 is 33.7 Å². The number of nitrogens with zero attached hydrogens (tertiary/aromatic N) is 2. The molecule has 0 atom stereocenters. The average Bonchev–Trinajstić information content (AvgIpc) is 3.00. The summed E-state index contributed by atoms with van der Waals surface area (Å²) in [5.41, 5.74) is 1.31. The first kappa shape index (κ1) is 21.7. The third-order valence-electron chi connectivity index (χ3n) is 4.53. The molecule has 0 N–H and O–H groups in total. The van der Waals surface area contributed by atoms with Gasteiger partial charge in [-0.2, -0.15) is 0 Å². The Bertz CT molecular complexity index is 1090. The lowest BCUT2D eigenvalue weighted by Gasteiger charge is -2.21. The third kappa shape index (κ3) is 4.15. The normalized spacial score (nSPS) is 12.0. The van der Waals surface area contributed by atoms with Crippen molar-refractivity contribution in [2.75, 3.05) is 21.3 Å². The summed E-state index contributed by atoms with van der Waals surface area (Å²) in [6.45, 7) is 5.42. The molecule has 0 unspecified atom stereocenters. The van der Waals surface area contributed by atoms with E-state index in [0.29, 0.717) is 11.2 Å². The summed E-state index contributed by atoms with van der Waals surface area (Å²) >= 11 is 0. The highest BCUT2D eigenvalue weighted by atomic mass is 16.7. The molecule has 0 spiro atoms. The van der Waals surface area contributed by atoms with Crippen LogP contribution < -0.4 is 0 Å². The van der Waals surface area contributed by atoms with E-state index in [2.05, 4.69) is 4.98 Å². The van der Waals surface area contributed by atoms with Crippen molar-refractivity contribution in [3.8, 4) is 0 Å². The molecular formula is C22H26N2O6. The highest BCUT2D eigenvalue weighted by molar-refractivity contribution is 6.11. The van der Waals surface area contributed by atoms with Crippen LogP contribution in [0.2, 0.25) is 0 Å². The van der Waals surface area contributed by atoms with E-state index in [9.17, 15) is 9.59 Å². The van der Waals surface area contributed by atoms with Crippen LogP contribution in [0.1, 0.15) is 43.2 Å². The summed E-state index contributed by atoms with van der Waals surface area (Å²) < 4.78 is 23.1. The van der Waals surface area contributed by atoms with E-state index in [1.54, 1.807) is 6.07 Å². The summed E-state index contributed by atoms with van der Waals surface area (Å²) in [5, 5.41) is 1.59. The smallest absolute Gasteiger partial charge is 0.356 e. The molecule has 0 bridgehead atoms. The van der Waals surface area contributed by atoms with Crippen molar-refractivity contribution in [1.82, 2.24) is 9.55 Å². The number of carbonyl (C=O) groups is 2. The topological polar surface area (TPSA) is 88.9 Å². The second-order valence-corrected chi connectivity index (χ2v) is 7.77. The SMILES string of the molecule is COC(=O)c1cc2c3ccccc3n(CC(=O)OC(C)(C)C)c2c(C(OC)OC)n1. The van der Waals surface area contributed by atoms with Gasteiger partial charge in [0.15, 0.2) is 0 Å². The first-order chi connectivity index (χ1) is 14.2. The van der Waals surface area contributed by atoms with Gasteiger partial charge in [-0.05, 0) is 32.9 Å². The number of benzene rings is 1. The zero-order chi connectivity index (χ0) is 22.1. The summed E-state index contributed by atoms with van der Waals surface area (Å²) in [6.07, 6.45) is -0.848. The number of pyridine rings is 1. The Morgan fingerprint density at radius 2 is 1.73 bits per heavy atom. The molecule has 0 saturated carbocycles. The maximum Gasteiger partial charge on any atom is 0.356 e. The van der Waals surface area contributed by atoms with Gasteiger partial charge in [-0.15, -0.1) is 0 Å². The number of fused-ring (bicyclic) bond motifs is 3. The number of esters is 2. The lowest BCUT2D eigenvalue weighted by Crippen LogP contribution is -2.26. The van der Waals surface area contributed by atoms with Gasteiger partial charge in [0.25, 0.3) is 0 Å². The number of methoxy groups -OCH3 is 3. The van der Waals surface area contributed by atoms with Crippen LogP contribution in [0.5, 0.6) is 0 Å². The van der Waals surface area contributed by atoms with E-state index >= 15 is 0 Å². The molecule has 160 valence electrons. The van der Waals surface area contributed by atoms with Crippen LogP contribution in [0.25, 0.3) is 21.8 Å². The van der Waals surface area contributed by atoms with E-state index < -0.39 is 17.9 Å². The molecule has 0 aliphatic carbocycles. The van der Waals surface area contributed by atoms with Gasteiger partial charge in [0.1, 0.15) is 23.5 Å². The van der Waals surface area contributed by atoms with E-state index in [-0.39, 0.29) is 18.2 Å². The van der Waals surface area contributed by atoms with Crippen molar-refractivity contribution in [3.63, 3.8) is 0 Å². The van der Waals surface area contributed by atoms with Crippen molar-refractivity contribution in [2.24, 2.45) is 0 Å². The second-order valence-electron chi connectivity index (χ2n) is 7.77. The monoisotopic (exact) mass is 414 g/mol. The molecule has 3 aromatic rings. The van der Waals surface area contributed by atoms with Crippen LogP contribution in [0, 0.1) is 0 Å². The number of ether oxygens (including phenoxy) is 4. The molecule has 2 heterocycles. The number of hydrogen-bond donors (Lipinski definition) is 0. The Balaban J connectivity index is 2.33. The lowest BCUT2D eigenvalue weighted by atomic mass is 10.1. The van der Waals surface area contributed by atoms with E-state index in [1.165, 1.54) is 21.3 Å².